The minimum atomic E-state index is 0.584. The summed E-state index contributed by atoms with van der Waals surface area (Å²) in [5, 5.41) is 15.8. The molecular weight excluding hydrogens is 1530 g/mol. The Balaban J connectivity index is 0.000000102. The Kier molecular flexibility index (Phi) is 16.2. The van der Waals surface area contributed by atoms with Crippen LogP contribution >= 0.6 is 11.3 Å². The molecule has 12 heteroatoms. The summed E-state index contributed by atoms with van der Waals surface area (Å²) in [6, 6.07) is 150. The van der Waals surface area contributed by atoms with Gasteiger partial charge in [-0.1, -0.05) is 248 Å². The number of aromatic nitrogens is 10. The summed E-state index contributed by atoms with van der Waals surface area (Å²) < 4.78 is 23.4. The zero-order valence-electron chi connectivity index (χ0n) is 67.1. The SMILES string of the molecule is Cn1c(-n2c3ccccc3c3cc(-c4ccc5c(c4)c4ccccc4n5-c4ccccc4)ccc32)nc2ccccc21.c1ccc(-n2c3ccccc3c3cc(-c4ccc5c(c4)c4ccccc4n5-c4nc5ccccc5o4)ccc32)cc1.c1ccc(-n2c3ccccc3c3cc(-c4ccc5c(c4)c4ccccc4n5-c4nc5ccccc5s4)ccc32)cc1. The van der Waals surface area contributed by atoms with Crippen LogP contribution in [0.3, 0.4) is 0 Å². The fourth-order valence-electron chi connectivity index (χ4n) is 19.4. The van der Waals surface area contributed by atoms with E-state index in [9.17, 15) is 0 Å². The highest BCUT2D eigenvalue weighted by molar-refractivity contribution is 7.20. The minimum absolute atomic E-state index is 0.584. The van der Waals surface area contributed by atoms with Gasteiger partial charge in [0, 0.05) is 88.7 Å². The van der Waals surface area contributed by atoms with Crippen molar-refractivity contribution in [3.63, 3.8) is 0 Å². The first-order valence-corrected chi connectivity index (χ1v) is 42.8. The summed E-state index contributed by atoms with van der Waals surface area (Å²) in [5.74, 6) is 0.922. The first-order valence-electron chi connectivity index (χ1n) is 41.9. The van der Waals surface area contributed by atoms with Gasteiger partial charge in [-0.3, -0.25) is 13.7 Å². The Morgan fingerprint density at radius 3 is 0.871 bits per heavy atom. The van der Waals surface area contributed by atoms with Gasteiger partial charge >= 0.3 is 6.01 Å². The number of hydrogen-bond donors (Lipinski definition) is 0. The second kappa shape index (κ2) is 28.4. The molecule has 0 aliphatic heterocycles. The number of para-hydroxylation sites is 14. The van der Waals surface area contributed by atoms with E-state index in [2.05, 4.69) is 427 Å². The van der Waals surface area contributed by atoms with Gasteiger partial charge in [-0.15, -0.1) is 0 Å². The standard InChI is InChI=1S/C38H26N4.C37H23N3O.C37H23N3S/c1-40-37-18-10-7-15-32(37)39-38(40)42-34-17-9-6-14-29(34)31-24-26(20-22-36(31)42)25-19-21-35-30(23-25)28-13-5-8-16-33(28)41(35)27-11-3-2-4-12-27;2*1-2-10-26(11-3-1)39-32-15-7-4-12-27(32)29-22-24(18-20-34(29)39)25-19-21-35-30(23-25)28-13-5-8-16-33(28)40(35)37-38-31-14-6-9-17-36(31)41-37/h2-24H,1H3;2*1-23H. The molecule has 27 rings (SSSR count). The number of hydrogen-bond acceptors (Lipinski definition) is 5. The predicted octanol–water partition coefficient (Wildman–Crippen LogP) is 29.3. The third-order valence-electron chi connectivity index (χ3n) is 25.0. The van der Waals surface area contributed by atoms with E-state index in [0.717, 1.165) is 60.8 Å². The molecule has 0 aliphatic rings. The van der Waals surface area contributed by atoms with E-state index in [0.29, 0.717) is 6.01 Å². The van der Waals surface area contributed by atoms with Crippen molar-refractivity contribution in [2.45, 2.75) is 0 Å². The highest BCUT2D eigenvalue weighted by Gasteiger charge is 2.24. The number of fused-ring (bicyclic) bond motifs is 21. The van der Waals surface area contributed by atoms with Crippen molar-refractivity contribution in [3.05, 3.63) is 419 Å². The lowest BCUT2D eigenvalue weighted by atomic mass is 10.0. The summed E-state index contributed by atoms with van der Waals surface area (Å²) in [6.45, 7) is 0. The normalized spacial score (nSPS) is 11.9. The summed E-state index contributed by atoms with van der Waals surface area (Å²) in [7, 11) is 2.10. The minimum Gasteiger partial charge on any atom is -0.423 e. The van der Waals surface area contributed by atoms with E-state index in [1.54, 1.807) is 11.3 Å². The van der Waals surface area contributed by atoms with Crippen molar-refractivity contribution in [2.75, 3.05) is 0 Å². The van der Waals surface area contributed by atoms with Gasteiger partial charge in [-0.25, -0.2) is 9.97 Å². The van der Waals surface area contributed by atoms with Crippen molar-refractivity contribution in [1.82, 2.24) is 46.9 Å². The number of oxazole rings is 1. The highest BCUT2D eigenvalue weighted by atomic mass is 32.1. The molecule has 124 heavy (non-hydrogen) atoms. The molecule has 0 saturated heterocycles. The highest BCUT2D eigenvalue weighted by Crippen LogP contribution is 2.45. The van der Waals surface area contributed by atoms with E-state index in [-0.39, 0.29) is 0 Å². The predicted molar refractivity (Wildman–Crippen MR) is 517 cm³/mol. The maximum absolute atomic E-state index is 6.22. The van der Waals surface area contributed by atoms with E-state index in [1.807, 2.05) is 30.3 Å². The maximum Gasteiger partial charge on any atom is 0.307 e. The Morgan fingerprint density at radius 2 is 0.492 bits per heavy atom. The number of nitrogens with zero attached hydrogens (tertiary/aromatic N) is 10. The molecule has 0 spiro atoms. The van der Waals surface area contributed by atoms with Crippen LogP contribution in [0.2, 0.25) is 0 Å². The van der Waals surface area contributed by atoms with E-state index in [1.165, 1.54) is 164 Å². The number of aryl methyl sites for hydroxylation is 1. The zero-order valence-corrected chi connectivity index (χ0v) is 67.9. The van der Waals surface area contributed by atoms with Gasteiger partial charge in [0.25, 0.3) is 0 Å². The Morgan fingerprint density at radius 1 is 0.210 bits per heavy atom. The quantitative estimate of drug-likeness (QED) is 0.144. The van der Waals surface area contributed by atoms with Crippen molar-refractivity contribution in [1.29, 1.82) is 0 Å². The van der Waals surface area contributed by atoms with Gasteiger partial charge in [0.2, 0.25) is 5.95 Å². The van der Waals surface area contributed by atoms with Gasteiger partial charge < -0.3 is 22.7 Å². The zero-order chi connectivity index (χ0) is 81.6. The molecule has 0 fully saturated rings. The van der Waals surface area contributed by atoms with Crippen molar-refractivity contribution >= 4 is 175 Å². The van der Waals surface area contributed by atoms with Crippen LogP contribution in [0.25, 0.3) is 231 Å². The average Bonchev–Trinajstić information content (AvgIpc) is 1.58. The molecule has 0 radical (unpaired) electrons. The molecular formula is C112H72N10OS. The molecule has 0 aliphatic carbocycles. The molecule has 0 saturated carbocycles. The number of rotatable bonds is 9. The molecule has 0 unspecified atom stereocenters. The van der Waals surface area contributed by atoms with Crippen LogP contribution in [0.4, 0.5) is 0 Å². The number of imidazole rings is 1. The fourth-order valence-corrected chi connectivity index (χ4v) is 20.3. The summed E-state index contributed by atoms with van der Waals surface area (Å²) in [5.41, 5.74) is 29.6. The van der Waals surface area contributed by atoms with Gasteiger partial charge in [0.1, 0.15) is 5.52 Å². The molecule has 18 aromatic carbocycles. The topological polar surface area (TPSA) is 86.3 Å². The molecule has 27 aromatic rings. The molecule has 0 N–H and O–H groups in total. The largest absolute Gasteiger partial charge is 0.423 e. The summed E-state index contributed by atoms with van der Waals surface area (Å²) in [6.07, 6.45) is 0. The van der Waals surface area contributed by atoms with E-state index < -0.39 is 0 Å². The second-order valence-electron chi connectivity index (χ2n) is 31.9. The summed E-state index contributed by atoms with van der Waals surface area (Å²) >= 11 is 1.74. The van der Waals surface area contributed by atoms with Crippen LogP contribution in [0.15, 0.2) is 423 Å². The van der Waals surface area contributed by atoms with E-state index >= 15 is 0 Å². The molecule has 0 atom stereocenters. The Bertz CT molecular complexity index is 8560. The van der Waals surface area contributed by atoms with Crippen LogP contribution < -0.4 is 0 Å². The molecule has 0 amide bonds. The van der Waals surface area contributed by atoms with Crippen LogP contribution in [0, 0.1) is 0 Å². The monoisotopic (exact) mass is 1600 g/mol. The van der Waals surface area contributed by atoms with Crippen LogP contribution in [0.5, 0.6) is 0 Å². The first-order chi connectivity index (χ1) is 61.4. The molecule has 582 valence electrons. The van der Waals surface area contributed by atoms with Crippen LogP contribution in [-0.4, -0.2) is 46.9 Å². The summed E-state index contributed by atoms with van der Waals surface area (Å²) in [4.78, 5) is 14.9. The van der Waals surface area contributed by atoms with Crippen molar-refractivity contribution in [2.24, 2.45) is 7.05 Å². The van der Waals surface area contributed by atoms with E-state index in [4.69, 9.17) is 19.4 Å². The average molecular weight is 1610 g/mol. The van der Waals surface area contributed by atoms with Crippen LogP contribution in [-0.2, 0) is 7.05 Å². The van der Waals surface area contributed by atoms with Crippen LogP contribution in [0.1, 0.15) is 0 Å². The lowest BCUT2D eigenvalue weighted by molar-refractivity contribution is 0.574. The van der Waals surface area contributed by atoms with Crippen molar-refractivity contribution in [3.8, 4) is 67.5 Å². The van der Waals surface area contributed by atoms with Gasteiger partial charge in [-0.05, 0) is 215 Å². The van der Waals surface area contributed by atoms with Gasteiger partial charge in [0.15, 0.2) is 10.7 Å². The van der Waals surface area contributed by atoms with Gasteiger partial charge in [0.05, 0.1) is 87.5 Å². The molecule has 9 heterocycles. The maximum atomic E-state index is 6.22. The number of benzene rings is 18. The lowest BCUT2D eigenvalue weighted by Crippen LogP contribution is -2.02. The van der Waals surface area contributed by atoms with Gasteiger partial charge in [-0.2, -0.15) is 4.98 Å². The number of thiazole rings is 1. The smallest absolute Gasteiger partial charge is 0.307 e. The molecule has 11 nitrogen and oxygen atoms in total. The Labute approximate surface area is 714 Å². The van der Waals surface area contributed by atoms with Crippen molar-refractivity contribution < 1.29 is 4.42 Å². The third kappa shape index (κ3) is 11.2. The fraction of sp³-hybridized carbons (Fsp3) is 0.00893. The second-order valence-corrected chi connectivity index (χ2v) is 32.9. The molecule has 0 bridgehead atoms. The molecule has 9 aromatic heterocycles. The third-order valence-corrected chi connectivity index (χ3v) is 26.0. The lowest BCUT2D eigenvalue weighted by Gasteiger charge is -2.09. The first kappa shape index (κ1) is 70.6. The Hall–Kier alpha value is -16.4.